The average Bonchev–Trinajstić information content (AvgIpc) is 2.95. The van der Waals surface area contributed by atoms with Crippen LogP contribution in [0.25, 0.3) is 0 Å². The maximum atomic E-state index is 11.8. The number of rotatable bonds is 5. The second-order valence-corrected chi connectivity index (χ2v) is 5.25. The quantitative estimate of drug-likeness (QED) is 0.754. The van der Waals surface area contributed by atoms with Crippen LogP contribution < -0.4 is 11.1 Å². The van der Waals surface area contributed by atoms with Crippen molar-refractivity contribution in [1.29, 1.82) is 0 Å². The summed E-state index contributed by atoms with van der Waals surface area (Å²) in [6.45, 7) is 4.76. The van der Waals surface area contributed by atoms with Crippen LogP contribution in [0.5, 0.6) is 0 Å². The second kappa shape index (κ2) is 5.94. The van der Waals surface area contributed by atoms with Crippen molar-refractivity contribution in [3.8, 4) is 0 Å². The number of aromatic nitrogens is 3. The summed E-state index contributed by atoms with van der Waals surface area (Å²) < 4.78 is 0. The Kier molecular flexibility index (Phi) is 4.28. The SMILES string of the molecule is Cc1n[nH]c(C)c1CNC(=O)Cc1csc(CN)n1. The van der Waals surface area contributed by atoms with Crippen LogP contribution in [0.2, 0.25) is 0 Å². The number of carbonyl (C=O) groups excluding carboxylic acids is 1. The van der Waals surface area contributed by atoms with Crippen molar-refractivity contribution in [2.75, 3.05) is 0 Å². The molecule has 0 atom stereocenters. The van der Waals surface area contributed by atoms with Crippen LogP contribution in [0, 0.1) is 13.8 Å². The summed E-state index contributed by atoms with van der Waals surface area (Å²) in [6, 6.07) is 0. The molecule has 6 nitrogen and oxygen atoms in total. The van der Waals surface area contributed by atoms with E-state index in [1.54, 1.807) is 0 Å². The number of nitrogens with one attached hydrogen (secondary N) is 2. The van der Waals surface area contributed by atoms with Gasteiger partial charge in [0, 0.05) is 29.7 Å². The molecule has 102 valence electrons. The molecule has 0 saturated carbocycles. The van der Waals surface area contributed by atoms with E-state index in [-0.39, 0.29) is 12.3 Å². The van der Waals surface area contributed by atoms with E-state index in [4.69, 9.17) is 5.73 Å². The van der Waals surface area contributed by atoms with Gasteiger partial charge in [-0.05, 0) is 13.8 Å². The molecule has 0 radical (unpaired) electrons. The van der Waals surface area contributed by atoms with Gasteiger partial charge in [0.2, 0.25) is 5.91 Å². The minimum Gasteiger partial charge on any atom is -0.352 e. The van der Waals surface area contributed by atoms with E-state index in [1.807, 2.05) is 19.2 Å². The van der Waals surface area contributed by atoms with E-state index in [1.165, 1.54) is 11.3 Å². The highest BCUT2D eigenvalue weighted by Crippen LogP contribution is 2.10. The molecule has 0 aromatic carbocycles. The Morgan fingerprint density at radius 3 is 2.89 bits per heavy atom. The molecule has 0 aliphatic carbocycles. The standard InChI is InChI=1S/C12H17N5OS/c1-7-10(8(2)17-16-7)5-14-11(18)3-9-6-19-12(4-13)15-9/h6H,3-5,13H2,1-2H3,(H,14,18)(H,16,17). The fourth-order valence-corrected chi connectivity index (χ4v) is 2.45. The molecule has 2 rings (SSSR count). The summed E-state index contributed by atoms with van der Waals surface area (Å²) in [6.07, 6.45) is 0.284. The molecule has 2 aromatic heterocycles. The van der Waals surface area contributed by atoms with Crippen LogP contribution in [-0.2, 0) is 24.3 Å². The molecule has 0 unspecified atom stereocenters. The van der Waals surface area contributed by atoms with E-state index in [0.29, 0.717) is 13.1 Å². The zero-order chi connectivity index (χ0) is 13.8. The Hall–Kier alpha value is -1.73. The predicted molar refractivity (Wildman–Crippen MR) is 73.6 cm³/mol. The van der Waals surface area contributed by atoms with E-state index >= 15 is 0 Å². The normalized spacial score (nSPS) is 10.7. The number of nitrogens with two attached hydrogens (primary N) is 1. The summed E-state index contributed by atoms with van der Waals surface area (Å²) >= 11 is 1.48. The van der Waals surface area contributed by atoms with Crippen LogP contribution in [0.4, 0.5) is 0 Å². The smallest absolute Gasteiger partial charge is 0.226 e. The molecule has 0 saturated heterocycles. The second-order valence-electron chi connectivity index (χ2n) is 4.30. The summed E-state index contributed by atoms with van der Waals surface area (Å²) in [4.78, 5) is 16.1. The van der Waals surface area contributed by atoms with Crippen molar-refractivity contribution < 1.29 is 4.79 Å². The fourth-order valence-electron chi connectivity index (χ4n) is 1.77. The molecule has 19 heavy (non-hydrogen) atoms. The molecule has 7 heteroatoms. The Labute approximate surface area is 115 Å². The number of aromatic amines is 1. The molecule has 0 spiro atoms. The van der Waals surface area contributed by atoms with Crippen LogP contribution in [0.3, 0.4) is 0 Å². The van der Waals surface area contributed by atoms with Crippen molar-refractivity contribution in [3.63, 3.8) is 0 Å². The predicted octanol–water partition coefficient (Wildman–Crippen LogP) is 0.801. The van der Waals surface area contributed by atoms with Gasteiger partial charge >= 0.3 is 0 Å². The van der Waals surface area contributed by atoms with Crippen molar-refractivity contribution in [2.24, 2.45) is 5.73 Å². The minimum atomic E-state index is -0.0473. The summed E-state index contributed by atoms with van der Waals surface area (Å²) in [5.41, 5.74) is 9.19. The molecular weight excluding hydrogens is 262 g/mol. The molecule has 2 aromatic rings. The van der Waals surface area contributed by atoms with Gasteiger partial charge in [-0.3, -0.25) is 9.89 Å². The van der Waals surface area contributed by atoms with Gasteiger partial charge in [-0.2, -0.15) is 5.10 Å². The lowest BCUT2D eigenvalue weighted by Crippen LogP contribution is -2.25. The first kappa shape index (κ1) is 13.7. The van der Waals surface area contributed by atoms with Crippen LogP contribution >= 0.6 is 11.3 Å². The molecule has 4 N–H and O–H groups in total. The number of aryl methyl sites for hydroxylation is 2. The van der Waals surface area contributed by atoms with Crippen molar-refractivity contribution in [1.82, 2.24) is 20.5 Å². The summed E-state index contributed by atoms with van der Waals surface area (Å²) in [7, 11) is 0. The largest absolute Gasteiger partial charge is 0.352 e. The number of hydrogen-bond acceptors (Lipinski definition) is 5. The molecule has 0 bridgehead atoms. The number of hydrogen-bond donors (Lipinski definition) is 3. The van der Waals surface area contributed by atoms with Gasteiger partial charge in [-0.15, -0.1) is 11.3 Å². The van der Waals surface area contributed by atoms with Crippen molar-refractivity contribution in [2.45, 2.75) is 33.4 Å². The maximum absolute atomic E-state index is 11.8. The molecular formula is C12H17N5OS. The lowest BCUT2D eigenvalue weighted by Gasteiger charge is -2.04. The van der Waals surface area contributed by atoms with Crippen molar-refractivity contribution >= 4 is 17.2 Å². The Bertz CT molecular complexity index is 555. The van der Waals surface area contributed by atoms with Gasteiger partial charge in [0.15, 0.2) is 0 Å². The summed E-state index contributed by atoms with van der Waals surface area (Å²) in [5, 5.41) is 12.6. The number of amides is 1. The third kappa shape index (κ3) is 3.39. The third-order valence-electron chi connectivity index (χ3n) is 2.86. The first-order valence-corrected chi connectivity index (χ1v) is 6.88. The van der Waals surface area contributed by atoms with Gasteiger partial charge in [-0.25, -0.2) is 4.98 Å². The Balaban J connectivity index is 1.88. The van der Waals surface area contributed by atoms with E-state index in [0.717, 1.165) is 27.7 Å². The topological polar surface area (TPSA) is 96.7 Å². The summed E-state index contributed by atoms with van der Waals surface area (Å²) in [5.74, 6) is -0.0473. The molecule has 2 heterocycles. The van der Waals surface area contributed by atoms with Crippen LogP contribution in [0.1, 0.15) is 27.7 Å². The zero-order valence-electron chi connectivity index (χ0n) is 11.0. The van der Waals surface area contributed by atoms with Gasteiger partial charge in [0.25, 0.3) is 0 Å². The lowest BCUT2D eigenvalue weighted by atomic mass is 10.2. The first-order chi connectivity index (χ1) is 9.10. The molecule has 0 aliphatic rings. The van der Waals surface area contributed by atoms with Gasteiger partial charge in [-0.1, -0.05) is 0 Å². The van der Waals surface area contributed by atoms with Crippen LogP contribution in [0.15, 0.2) is 5.38 Å². The van der Waals surface area contributed by atoms with Crippen molar-refractivity contribution in [3.05, 3.63) is 33.0 Å². The number of nitrogens with zero attached hydrogens (tertiary/aromatic N) is 2. The molecule has 0 aliphatic heterocycles. The minimum absolute atomic E-state index is 0.0473. The molecule has 1 amide bonds. The number of carbonyl (C=O) groups is 1. The Morgan fingerprint density at radius 1 is 1.53 bits per heavy atom. The number of thiazole rings is 1. The zero-order valence-corrected chi connectivity index (χ0v) is 11.8. The Morgan fingerprint density at radius 2 is 2.32 bits per heavy atom. The van der Waals surface area contributed by atoms with E-state index < -0.39 is 0 Å². The van der Waals surface area contributed by atoms with E-state index in [2.05, 4.69) is 20.5 Å². The first-order valence-electron chi connectivity index (χ1n) is 6.00. The van der Waals surface area contributed by atoms with Crippen LogP contribution in [-0.4, -0.2) is 21.1 Å². The number of H-pyrrole nitrogens is 1. The highest BCUT2D eigenvalue weighted by Gasteiger charge is 2.10. The molecule has 0 fully saturated rings. The fraction of sp³-hybridized carbons (Fsp3) is 0.417. The van der Waals surface area contributed by atoms with Gasteiger partial charge in [0.1, 0.15) is 5.01 Å². The van der Waals surface area contributed by atoms with Gasteiger partial charge in [0.05, 0.1) is 17.8 Å². The highest BCUT2D eigenvalue weighted by atomic mass is 32.1. The average molecular weight is 279 g/mol. The maximum Gasteiger partial charge on any atom is 0.226 e. The van der Waals surface area contributed by atoms with Gasteiger partial charge < -0.3 is 11.1 Å². The highest BCUT2D eigenvalue weighted by molar-refractivity contribution is 7.09. The third-order valence-corrected chi connectivity index (χ3v) is 3.78. The monoisotopic (exact) mass is 279 g/mol. The van der Waals surface area contributed by atoms with E-state index in [9.17, 15) is 4.79 Å². The lowest BCUT2D eigenvalue weighted by molar-refractivity contribution is -0.120.